The molecular weight excluding hydrogens is 414 g/mol. The number of carbonyl (C=O) groups is 2. The first-order chi connectivity index (χ1) is 14.9. The van der Waals surface area contributed by atoms with Crippen molar-refractivity contribution in [2.75, 3.05) is 18.4 Å². The smallest absolute Gasteiger partial charge is 0.255 e. The van der Waals surface area contributed by atoms with Crippen LogP contribution in [0.25, 0.3) is 0 Å². The number of hydrogen-bond acceptors (Lipinski definition) is 4. The minimum atomic E-state index is -3.54. The Hall–Kier alpha value is -2.71. The average Bonchev–Trinajstić information content (AvgIpc) is 3.61. The molecule has 2 aliphatic rings. The van der Waals surface area contributed by atoms with Crippen molar-refractivity contribution in [1.29, 1.82) is 0 Å². The summed E-state index contributed by atoms with van der Waals surface area (Å²) in [7, 11) is -3.54. The molecule has 8 heteroatoms. The highest BCUT2D eigenvalue weighted by molar-refractivity contribution is 7.89. The summed E-state index contributed by atoms with van der Waals surface area (Å²) >= 11 is 0. The van der Waals surface area contributed by atoms with Gasteiger partial charge in [-0.1, -0.05) is 12.8 Å². The fourth-order valence-electron chi connectivity index (χ4n) is 3.61. The van der Waals surface area contributed by atoms with E-state index in [4.69, 9.17) is 0 Å². The van der Waals surface area contributed by atoms with Crippen molar-refractivity contribution < 1.29 is 18.0 Å². The molecule has 1 aliphatic heterocycles. The van der Waals surface area contributed by atoms with Gasteiger partial charge in [0.15, 0.2) is 0 Å². The number of anilines is 1. The first-order valence-corrected chi connectivity index (χ1v) is 12.2. The molecule has 1 heterocycles. The van der Waals surface area contributed by atoms with E-state index >= 15 is 0 Å². The largest absolute Gasteiger partial charge is 0.349 e. The molecule has 7 nitrogen and oxygen atoms in total. The van der Waals surface area contributed by atoms with Gasteiger partial charge in [0.05, 0.1) is 4.90 Å². The van der Waals surface area contributed by atoms with Gasteiger partial charge in [-0.05, 0) is 74.2 Å². The second kappa shape index (κ2) is 9.20. The second-order valence-corrected chi connectivity index (χ2v) is 10.1. The molecule has 4 rings (SSSR count). The van der Waals surface area contributed by atoms with Crippen LogP contribution in [0, 0.1) is 0 Å². The average molecular weight is 442 g/mol. The number of carbonyl (C=O) groups excluding carboxylic acids is 2. The molecule has 0 bridgehead atoms. The summed E-state index contributed by atoms with van der Waals surface area (Å²) in [4.78, 5) is 24.8. The number of amides is 2. The van der Waals surface area contributed by atoms with Crippen LogP contribution >= 0.6 is 0 Å². The first kappa shape index (κ1) is 21.5. The van der Waals surface area contributed by atoms with E-state index in [2.05, 4.69) is 10.6 Å². The van der Waals surface area contributed by atoms with Crippen LogP contribution in [0.3, 0.4) is 0 Å². The quantitative estimate of drug-likeness (QED) is 0.718. The van der Waals surface area contributed by atoms with E-state index < -0.39 is 10.0 Å². The second-order valence-electron chi connectivity index (χ2n) is 8.12. The molecule has 0 atom stereocenters. The zero-order valence-corrected chi connectivity index (χ0v) is 18.2. The zero-order valence-electron chi connectivity index (χ0n) is 17.3. The third-order valence-electron chi connectivity index (χ3n) is 5.64. The van der Waals surface area contributed by atoms with E-state index in [0.717, 1.165) is 38.5 Å². The van der Waals surface area contributed by atoms with Gasteiger partial charge in [0.25, 0.3) is 11.8 Å². The highest BCUT2D eigenvalue weighted by Gasteiger charge is 2.25. The summed E-state index contributed by atoms with van der Waals surface area (Å²) in [5.74, 6) is -0.449. The molecule has 0 spiro atoms. The van der Waals surface area contributed by atoms with Gasteiger partial charge >= 0.3 is 0 Å². The number of benzene rings is 2. The maximum absolute atomic E-state index is 12.9. The molecule has 2 aromatic rings. The summed E-state index contributed by atoms with van der Waals surface area (Å²) < 4.78 is 27.3. The Morgan fingerprint density at radius 1 is 0.774 bits per heavy atom. The van der Waals surface area contributed by atoms with Crippen LogP contribution in [-0.4, -0.2) is 43.7 Å². The number of rotatable bonds is 6. The molecule has 2 aromatic carbocycles. The van der Waals surface area contributed by atoms with Gasteiger partial charge in [0, 0.05) is 35.9 Å². The van der Waals surface area contributed by atoms with E-state index in [-0.39, 0.29) is 22.8 Å². The molecule has 0 unspecified atom stereocenters. The van der Waals surface area contributed by atoms with E-state index in [1.54, 1.807) is 24.3 Å². The summed E-state index contributed by atoms with van der Waals surface area (Å²) in [5, 5.41) is 5.70. The van der Waals surface area contributed by atoms with Crippen molar-refractivity contribution in [2.45, 2.75) is 49.5 Å². The van der Waals surface area contributed by atoms with Crippen molar-refractivity contribution in [3.8, 4) is 0 Å². The van der Waals surface area contributed by atoms with E-state index in [9.17, 15) is 18.0 Å². The molecule has 2 N–H and O–H groups in total. The Labute approximate surface area is 182 Å². The highest BCUT2D eigenvalue weighted by Crippen LogP contribution is 2.22. The lowest BCUT2D eigenvalue weighted by Crippen LogP contribution is -2.31. The van der Waals surface area contributed by atoms with Crippen molar-refractivity contribution in [1.82, 2.24) is 9.62 Å². The van der Waals surface area contributed by atoms with Crippen molar-refractivity contribution >= 4 is 27.5 Å². The molecule has 0 aromatic heterocycles. The van der Waals surface area contributed by atoms with Gasteiger partial charge in [-0.2, -0.15) is 4.31 Å². The maximum atomic E-state index is 12.9. The van der Waals surface area contributed by atoms with Crippen molar-refractivity contribution in [3.63, 3.8) is 0 Å². The van der Waals surface area contributed by atoms with Crippen LogP contribution in [0.5, 0.6) is 0 Å². The van der Waals surface area contributed by atoms with Crippen molar-refractivity contribution in [2.24, 2.45) is 0 Å². The lowest BCUT2D eigenvalue weighted by atomic mass is 10.1. The summed E-state index contributed by atoms with van der Waals surface area (Å²) in [6.07, 6.45) is 5.91. The van der Waals surface area contributed by atoms with Crippen molar-refractivity contribution in [3.05, 3.63) is 59.7 Å². The van der Waals surface area contributed by atoms with E-state index in [1.165, 1.54) is 28.6 Å². The third-order valence-corrected chi connectivity index (χ3v) is 7.55. The number of hydrogen-bond donors (Lipinski definition) is 2. The SMILES string of the molecule is O=C(Nc1ccc(C(=O)NC2CC2)cc1)c1ccc(S(=O)(=O)N2CCCCCC2)cc1. The summed E-state index contributed by atoms with van der Waals surface area (Å²) in [5.41, 5.74) is 1.48. The Kier molecular flexibility index (Phi) is 6.38. The lowest BCUT2D eigenvalue weighted by molar-refractivity contribution is 0.0950. The van der Waals surface area contributed by atoms with Crippen LogP contribution in [0.15, 0.2) is 53.4 Å². The minimum Gasteiger partial charge on any atom is -0.349 e. The molecule has 0 radical (unpaired) electrons. The Bertz CT molecular complexity index is 1040. The number of sulfonamides is 1. The van der Waals surface area contributed by atoms with E-state index in [1.807, 2.05) is 0 Å². The summed E-state index contributed by atoms with van der Waals surface area (Å²) in [6.45, 7) is 1.08. The molecular formula is C23H27N3O4S. The van der Waals surface area contributed by atoms with Crippen LogP contribution in [0.1, 0.15) is 59.2 Å². The Morgan fingerprint density at radius 2 is 1.32 bits per heavy atom. The molecule has 1 aliphatic carbocycles. The zero-order chi connectivity index (χ0) is 21.8. The van der Waals surface area contributed by atoms with Gasteiger partial charge in [0.2, 0.25) is 10.0 Å². The van der Waals surface area contributed by atoms with Crippen LogP contribution < -0.4 is 10.6 Å². The normalized spacial score (nSPS) is 17.5. The van der Waals surface area contributed by atoms with Crippen LogP contribution in [-0.2, 0) is 10.0 Å². The molecule has 31 heavy (non-hydrogen) atoms. The monoisotopic (exact) mass is 441 g/mol. The predicted molar refractivity (Wildman–Crippen MR) is 119 cm³/mol. The lowest BCUT2D eigenvalue weighted by Gasteiger charge is -2.20. The standard InChI is InChI=1S/C23H27N3O4S/c27-22(25-20-11-12-20)17-5-9-19(10-6-17)24-23(28)18-7-13-21(14-8-18)31(29,30)26-15-3-1-2-4-16-26/h5-10,13-14,20H,1-4,11-12,15-16H2,(H,24,28)(H,25,27). The Morgan fingerprint density at radius 3 is 1.90 bits per heavy atom. The maximum Gasteiger partial charge on any atom is 0.255 e. The van der Waals surface area contributed by atoms with Crippen LogP contribution in [0.2, 0.25) is 0 Å². The number of nitrogens with one attached hydrogen (secondary N) is 2. The molecule has 2 fully saturated rings. The predicted octanol–water partition coefficient (Wildman–Crippen LogP) is 3.40. The third kappa shape index (κ3) is 5.32. The molecule has 164 valence electrons. The van der Waals surface area contributed by atoms with Gasteiger partial charge < -0.3 is 10.6 Å². The summed E-state index contributed by atoms with van der Waals surface area (Å²) in [6, 6.07) is 13.0. The molecule has 1 saturated heterocycles. The first-order valence-electron chi connectivity index (χ1n) is 10.8. The van der Waals surface area contributed by atoms with Gasteiger partial charge in [-0.3, -0.25) is 9.59 Å². The van der Waals surface area contributed by atoms with Gasteiger partial charge in [0.1, 0.15) is 0 Å². The Balaban J connectivity index is 1.39. The topological polar surface area (TPSA) is 95.6 Å². The van der Waals surface area contributed by atoms with Gasteiger partial charge in [-0.25, -0.2) is 8.42 Å². The highest BCUT2D eigenvalue weighted by atomic mass is 32.2. The van der Waals surface area contributed by atoms with Crippen LogP contribution in [0.4, 0.5) is 5.69 Å². The van der Waals surface area contributed by atoms with Gasteiger partial charge in [-0.15, -0.1) is 0 Å². The fourth-order valence-corrected chi connectivity index (χ4v) is 5.13. The molecule has 2 amide bonds. The number of nitrogens with zero attached hydrogens (tertiary/aromatic N) is 1. The fraction of sp³-hybridized carbons (Fsp3) is 0.391. The molecule has 1 saturated carbocycles. The van der Waals surface area contributed by atoms with E-state index in [0.29, 0.717) is 29.9 Å². The minimum absolute atomic E-state index is 0.110.